The van der Waals surface area contributed by atoms with Gasteiger partial charge in [-0.05, 0) is 18.2 Å². The highest BCUT2D eigenvalue weighted by Gasteiger charge is 2.20. The highest BCUT2D eigenvalue weighted by atomic mass is 32.2. The molecule has 1 amide bonds. The number of carbonyl (C=O) groups is 1. The molecule has 2 aromatic rings. The van der Waals surface area contributed by atoms with Crippen LogP contribution in [0, 0.1) is 0 Å². The van der Waals surface area contributed by atoms with Gasteiger partial charge in [0.2, 0.25) is 11.8 Å². The van der Waals surface area contributed by atoms with Crippen molar-refractivity contribution in [1.29, 1.82) is 0 Å². The number of amides is 1. The van der Waals surface area contributed by atoms with Crippen LogP contribution in [0.1, 0.15) is 43.2 Å². The Morgan fingerprint density at radius 3 is 2.83 bits per heavy atom. The van der Waals surface area contributed by atoms with Crippen molar-refractivity contribution in [2.75, 3.05) is 16.8 Å². The van der Waals surface area contributed by atoms with Crippen molar-refractivity contribution in [3.8, 4) is 5.88 Å². The number of thioether (sulfide) groups is 1. The number of ether oxygens (including phenoxy) is 1. The number of pyridine rings is 1. The average Bonchev–Trinajstić information content (AvgIpc) is 3.19. The molecule has 1 saturated heterocycles. The number of carbonyl (C=O) groups excluding carboxylic acids is 1. The van der Waals surface area contributed by atoms with Crippen LogP contribution >= 0.6 is 11.8 Å². The second kappa shape index (κ2) is 6.84. The maximum absolute atomic E-state index is 12.2. The third kappa shape index (κ3) is 4.08. The molecule has 24 heavy (non-hydrogen) atoms. The summed E-state index contributed by atoms with van der Waals surface area (Å²) in [5.74, 6) is 2.70. The van der Waals surface area contributed by atoms with Gasteiger partial charge in [-0.3, -0.25) is 10.1 Å². The summed E-state index contributed by atoms with van der Waals surface area (Å²) < 4.78 is 10.9. The number of rotatable bonds is 4. The highest BCUT2D eigenvalue weighted by Crippen LogP contribution is 2.24. The van der Waals surface area contributed by atoms with Gasteiger partial charge in [0.15, 0.2) is 0 Å². The molecular weight excluding hydrogens is 326 g/mol. The molecule has 3 heterocycles. The second-order valence-corrected chi connectivity index (χ2v) is 7.92. The van der Waals surface area contributed by atoms with Crippen LogP contribution < -0.4 is 10.1 Å². The molecule has 0 aromatic carbocycles. The van der Waals surface area contributed by atoms with Crippen molar-refractivity contribution in [1.82, 2.24) is 10.1 Å². The molecule has 3 rings (SSSR count). The van der Waals surface area contributed by atoms with Gasteiger partial charge in [0.05, 0.1) is 11.3 Å². The van der Waals surface area contributed by atoms with E-state index in [2.05, 4.69) is 15.5 Å². The van der Waals surface area contributed by atoms with Crippen LogP contribution in [0.15, 0.2) is 28.9 Å². The van der Waals surface area contributed by atoms with Gasteiger partial charge >= 0.3 is 0 Å². The molecule has 128 valence electrons. The summed E-state index contributed by atoms with van der Waals surface area (Å²) in [7, 11) is 0. The Morgan fingerprint density at radius 2 is 2.25 bits per heavy atom. The van der Waals surface area contributed by atoms with Crippen LogP contribution in [0.3, 0.4) is 0 Å². The maximum atomic E-state index is 12.2. The van der Waals surface area contributed by atoms with E-state index in [1.807, 2.05) is 32.5 Å². The summed E-state index contributed by atoms with van der Waals surface area (Å²) in [5.41, 5.74) is 1.09. The fourth-order valence-electron chi connectivity index (χ4n) is 2.23. The Kier molecular flexibility index (Phi) is 4.80. The minimum atomic E-state index is -0.290. The van der Waals surface area contributed by atoms with Gasteiger partial charge in [0, 0.05) is 29.5 Å². The quantitative estimate of drug-likeness (QED) is 0.912. The fraction of sp³-hybridized carbons (Fsp3) is 0.471. The zero-order valence-electron chi connectivity index (χ0n) is 14.0. The van der Waals surface area contributed by atoms with Crippen LogP contribution in [-0.2, 0) is 5.41 Å². The van der Waals surface area contributed by atoms with Crippen molar-refractivity contribution in [2.45, 2.75) is 38.7 Å². The number of hydrogen-bond donors (Lipinski definition) is 1. The molecule has 0 bridgehead atoms. The van der Waals surface area contributed by atoms with Crippen molar-refractivity contribution in [3.05, 3.63) is 35.7 Å². The molecule has 7 heteroatoms. The molecule has 1 fully saturated rings. The second-order valence-electron chi connectivity index (χ2n) is 6.77. The first-order valence-electron chi connectivity index (χ1n) is 7.91. The van der Waals surface area contributed by atoms with E-state index < -0.39 is 0 Å². The van der Waals surface area contributed by atoms with Crippen molar-refractivity contribution in [3.63, 3.8) is 0 Å². The average molecular weight is 347 g/mol. The van der Waals surface area contributed by atoms with Gasteiger partial charge in [-0.1, -0.05) is 25.9 Å². The third-order valence-corrected chi connectivity index (χ3v) is 4.82. The smallest absolute Gasteiger partial charge is 0.259 e. The minimum Gasteiger partial charge on any atom is -0.473 e. The lowest BCUT2D eigenvalue weighted by Gasteiger charge is -2.12. The standard InChI is InChI=1S/C17H21N3O3S/c1-17(2,3)13-8-15(23-20-13)19-16(21)11-4-5-14(18-9-11)22-12-6-7-24-10-12/h4-5,8-9,12H,6-7,10H2,1-3H3,(H,19,21)/t12-/m0/s1. The van der Waals surface area contributed by atoms with Crippen LogP contribution in [0.25, 0.3) is 0 Å². The first-order chi connectivity index (χ1) is 11.4. The lowest BCUT2D eigenvalue weighted by molar-refractivity contribution is 0.102. The van der Waals surface area contributed by atoms with Crippen LogP contribution in [0.2, 0.25) is 0 Å². The number of hydrogen-bond acceptors (Lipinski definition) is 6. The summed E-state index contributed by atoms with van der Waals surface area (Å²) in [6, 6.07) is 5.15. The first kappa shape index (κ1) is 16.8. The molecule has 0 saturated carbocycles. The molecular formula is C17H21N3O3S. The van der Waals surface area contributed by atoms with E-state index in [4.69, 9.17) is 9.26 Å². The van der Waals surface area contributed by atoms with Gasteiger partial charge in [0.25, 0.3) is 5.91 Å². The van der Waals surface area contributed by atoms with Gasteiger partial charge in [-0.25, -0.2) is 4.98 Å². The Bertz CT molecular complexity index is 701. The van der Waals surface area contributed by atoms with E-state index in [-0.39, 0.29) is 17.4 Å². The monoisotopic (exact) mass is 347 g/mol. The Labute approximate surface area is 145 Å². The summed E-state index contributed by atoms with van der Waals surface area (Å²) in [4.78, 5) is 16.5. The highest BCUT2D eigenvalue weighted by molar-refractivity contribution is 7.99. The number of nitrogens with zero attached hydrogens (tertiary/aromatic N) is 2. The van der Waals surface area contributed by atoms with Gasteiger partial charge in [0.1, 0.15) is 6.10 Å². The lowest BCUT2D eigenvalue weighted by Crippen LogP contribution is -2.16. The number of aromatic nitrogens is 2. The number of nitrogens with one attached hydrogen (secondary N) is 1. The maximum Gasteiger partial charge on any atom is 0.259 e. The molecule has 0 aliphatic carbocycles. The minimum absolute atomic E-state index is 0.133. The summed E-state index contributed by atoms with van der Waals surface area (Å²) in [6.45, 7) is 6.09. The van der Waals surface area contributed by atoms with Crippen LogP contribution in [0.4, 0.5) is 5.88 Å². The predicted octanol–water partition coefficient (Wildman–Crippen LogP) is 3.50. The van der Waals surface area contributed by atoms with Gasteiger partial charge in [-0.2, -0.15) is 11.8 Å². The first-order valence-corrected chi connectivity index (χ1v) is 9.06. The largest absolute Gasteiger partial charge is 0.473 e. The van der Waals surface area contributed by atoms with E-state index in [0.717, 1.165) is 23.6 Å². The van der Waals surface area contributed by atoms with E-state index in [9.17, 15) is 4.79 Å². The predicted molar refractivity (Wildman–Crippen MR) is 93.8 cm³/mol. The third-order valence-electron chi connectivity index (χ3n) is 3.69. The molecule has 1 aliphatic rings. The molecule has 1 N–H and O–H groups in total. The van der Waals surface area contributed by atoms with E-state index in [1.54, 1.807) is 18.2 Å². The molecule has 1 aliphatic heterocycles. The topological polar surface area (TPSA) is 77.2 Å². The van der Waals surface area contributed by atoms with Crippen molar-refractivity contribution >= 4 is 23.6 Å². The molecule has 2 aromatic heterocycles. The lowest BCUT2D eigenvalue weighted by atomic mass is 9.92. The molecule has 0 radical (unpaired) electrons. The zero-order valence-corrected chi connectivity index (χ0v) is 14.9. The van der Waals surface area contributed by atoms with E-state index >= 15 is 0 Å². The fourth-order valence-corrected chi connectivity index (χ4v) is 3.33. The van der Waals surface area contributed by atoms with E-state index in [1.165, 1.54) is 6.20 Å². The van der Waals surface area contributed by atoms with Crippen LogP contribution in [-0.4, -0.2) is 33.7 Å². The van der Waals surface area contributed by atoms with Gasteiger partial charge < -0.3 is 9.26 Å². The Balaban J connectivity index is 1.61. The summed E-state index contributed by atoms with van der Waals surface area (Å²) in [5, 5.41) is 6.67. The molecule has 0 spiro atoms. The molecule has 1 atom stereocenters. The van der Waals surface area contributed by atoms with E-state index in [0.29, 0.717) is 17.3 Å². The summed E-state index contributed by atoms with van der Waals surface area (Å²) >= 11 is 1.88. The summed E-state index contributed by atoms with van der Waals surface area (Å²) in [6.07, 6.45) is 2.76. The Hall–Kier alpha value is -2.02. The van der Waals surface area contributed by atoms with Crippen LogP contribution in [0.5, 0.6) is 5.88 Å². The number of anilines is 1. The normalized spacial score (nSPS) is 17.7. The zero-order chi connectivity index (χ0) is 17.2. The Morgan fingerprint density at radius 1 is 1.42 bits per heavy atom. The SMILES string of the molecule is CC(C)(C)c1cc(NC(=O)c2ccc(O[C@H]3CCSC3)nc2)on1. The van der Waals surface area contributed by atoms with Gasteiger partial charge in [-0.15, -0.1) is 0 Å². The molecule has 0 unspecified atom stereocenters. The van der Waals surface area contributed by atoms with Crippen molar-refractivity contribution < 1.29 is 14.1 Å². The molecule has 6 nitrogen and oxygen atoms in total. The van der Waals surface area contributed by atoms with Crippen molar-refractivity contribution in [2.24, 2.45) is 0 Å².